The van der Waals surface area contributed by atoms with Crippen LogP contribution >= 0.6 is 0 Å². The number of methoxy groups -OCH3 is 2. The Labute approximate surface area is 483 Å². The van der Waals surface area contributed by atoms with E-state index in [-0.39, 0.29) is 55.1 Å². The quantitative estimate of drug-likeness (QED) is 0.0980. The van der Waals surface area contributed by atoms with Gasteiger partial charge in [-0.1, -0.05) is 53.6 Å². The highest BCUT2D eigenvalue weighted by Gasteiger charge is 2.52. The monoisotopic (exact) mass is 1170 g/mol. The number of aliphatic hydroxyl groups is 2. The van der Waals surface area contributed by atoms with Gasteiger partial charge in [0.2, 0.25) is 0 Å². The molecule has 22 atom stereocenters. The number of oxime groups is 1. The number of nitrogens with one attached hydrogen (secondary N) is 1. The molecule has 5 heterocycles. The van der Waals surface area contributed by atoms with Crippen LogP contribution in [0.4, 0.5) is 0 Å². The van der Waals surface area contributed by atoms with Crippen LogP contribution in [0.5, 0.6) is 0 Å². The lowest BCUT2D eigenvalue weighted by molar-refractivity contribution is -0.305. The Kier molecular flexibility index (Phi) is 26.0. The van der Waals surface area contributed by atoms with Crippen molar-refractivity contribution in [2.45, 2.75) is 220 Å². The number of amides is 1. The maximum absolute atomic E-state index is 15.5. The smallest absolute Gasteiger partial charge is 0.311 e. The van der Waals surface area contributed by atoms with Gasteiger partial charge in [0.05, 0.1) is 60.9 Å². The van der Waals surface area contributed by atoms with E-state index in [9.17, 15) is 24.6 Å². The summed E-state index contributed by atoms with van der Waals surface area (Å²) in [5.41, 5.74) is -1.42. The van der Waals surface area contributed by atoms with Crippen molar-refractivity contribution in [3.05, 3.63) is 24.3 Å². The first-order valence-corrected chi connectivity index (χ1v) is 29.0. The van der Waals surface area contributed by atoms with Gasteiger partial charge in [-0.3, -0.25) is 33.9 Å². The summed E-state index contributed by atoms with van der Waals surface area (Å²) in [6.07, 6.45) is -8.90. The van der Waals surface area contributed by atoms with E-state index in [1.165, 1.54) is 53.8 Å². The molecule has 466 valence electrons. The van der Waals surface area contributed by atoms with Gasteiger partial charge in [-0.25, -0.2) is 4.98 Å². The normalized spacial score (nSPS) is 38.4. The number of hydrogen-bond donors (Lipinski definition) is 3. The van der Waals surface area contributed by atoms with Crippen LogP contribution in [0.1, 0.15) is 133 Å². The van der Waals surface area contributed by atoms with E-state index in [0.717, 1.165) is 0 Å². The minimum atomic E-state index is -1.89. The molecule has 4 aliphatic rings. The summed E-state index contributed by atoms with van der Waals surface area (Å²) in [5.74, 6) is -8.62. The SMILES string of the molecule is CON=C1C[C@@H](C)O[C@@H](O[C@@H]2[C@@H](C)[C@H](O[C@H]3CC(C)N(CCNC(=O)c4cnccn4)C[C@H](C)O3)[C@@H](C)C(=O)O[C@H]([C@@H](C)CO[C@@H]3O[C@H](C)[C@@H](O)[C@@H](OC)[C@H]3OC)[C@H](C)[C@@H](OC(=O)CC(C)C)[C@@H](C)C(=O)[C@@](C)(OC(C)=O)C[C@@H]2C)[C@@H]1O. The molecule has 4 saturated heterocycles. The number of Topliss-reactive ketones (excluding diaryl/α,β-unsaturated/α-hetero) is 1. The molecule has 0 aliphatic carbocycles. The van der Waals surface area contributed by atoms with Gasteiger partial charge in [0.15, 0.2) is 30.3 Å². The van der Waals surface area contributed by atoms with Crippen molar-refractivity contribution >= 4 is 35.3 Å². The predicted molar refractivity (Wildman–Crippen MR) is 295 cm³/mol. The molecule has 1 aromatic rings. The molecule has 4 aliphatic heterocycles. The van der Waals surface area contributed by atoms with Crippen molar-refractivity contribution in [1.29, 1.82) is 0 Å². The molecule has 0 spiro atoms. The van der Waals surface area contributed by atoms with E-state index in [4.69, 9.17) is 56.9 Å². The van der Waals surface area contributed by atoms with Crippen molar-refractivity contribution < 1.29 is 91.1 Å². The van der Waals surface area contributed by atoms with E-state index in [2.05, 4.69) is 25.3 Å². The second kappa shape index (κ2) is 31.2. The fraction of sp³-hybridized carbons (Fsp3) is 0.828. The zero-order chi connectivity index (χ0) is 60.9. The molecular weight excluding hydrogens is 1070 g/mol. The van der Waals surface area contributed by atoms with Gasteiger partial charge in [0.25, 0.3) is 5.91 Å². The molecule has 0 saturated carbocycles. The average Bonchev–Trinajstić information content (AvgIpc) is 2.73. The van der Waals surface area contributed by atoms with Crippen molar-refractivity contribution in [2.75, 3.05) is 47.6 Å². The third-order valence-corrected chi connectivity index (χ3v) is 16.3. The third kappa shape index (κ3) is 17.9. The van der Waals surface area contributed by atoms with E-state index in [1.54, 1.807) is 41.5 Å². The molecule has 4 fully saturated rings. The molecule has 0 aromatic carbocycles. The van der Waals surface area contributed by atoms with E-state index >= 15 is 9.59 Å². The van der Waals surface area contributed by atoms with Crippen LogP contribution in [0.3, 0.4) is 0 Å². The van der Waals surface area contributed by atoms with Crippen LogP contribution in [0.15, 0.2) is 23.7 Å². The minimum Gasteiger partial charge on any atom is -0.461 e. The Morgan fingerprint density at radius 2 is 1.55 bits per heavy atom. The highest BCUT2D eigenvalue weighted by molar-refractivity contribution is 5.92. The Morgan fingerprint density at radius 3 is 2.17 bits per heavy atom. The lowest BCUT2D eigenvalue weighted by Gasteiger charge is -2.45. The van der Waals surface area contributed by atoms with Crippen LogP contribution in [0.2, 0.25) is 0 Å². The van der Waals surface area contributed by atoms with Crippen molar-refractivity contribution in [3.63, 3.8) is 0 Å². The number of aliphatic hydroxyl groups excluding tert-OH is 2. The van der Waals surface area contributed by atoms with Gasteiger partial charge >= 0.3 is 17.9 Å². The zero-order valence-corrected chi connectivity index (χ0v) is 51.2. The van der Waals surface area contributed by atoms with E-state index in [0.29, 0.717) is 26.1 Å². The number of ketones is 1. The topological polar surface area (TPSA) is 290 Å². The highest BCUT2D eigenvalue weighted by atomic mass is 16.7. The Morgan fingerprint density at radius 1 is 0.854 bits per heavy atom. The van der Waals surface area contributed by atoms with Crippen LogP contribution in [-0.2, 0) is 76.1 Å². The Hall–Kier alpha value is -4.34. The highest BCUT2D eigenvalue weighted by Crippen LogP contribution is 2.40. The zero-order valence-electron chi connectivity index (χ0n) is 51.2. The fourth-order valence-corrected chi connectivity index (χ4v) is 12.1. The van der Waals surface area contributed by atoms with Crippen LogP contribution in [0.25, 0.3) is 0 Å². The molecule has 24 heteroatoms. The maximum Gasteiger partial charge on any atom is 0.311 e. The standard InChI is InChI=1S/C58H95N5O19/c1-29(2)22-43(65)78-49-36(9)48(31(4)28-74-57-52(72-16)51(71-15)45(66)39(12)77-57)80-55(70)38(11)50(79-44-23-32(5)63(27-34(7)75-44)21-20-61-54(69)42-26-59-18-19-60-42)35(8)47(81-56-46(67)41(62-73-17)24-33(6)76-56)30(3)25-58(14,82-40(13)64)53(68)37(49)10/h18-19,26,29-39,44-52,56-57,66-67H,20-25,27-28H2,1-17H3,(H,61,69)/t30-,31-,32?,33+,34-,35+,36-,37+,38+,39+,44-,45+,46+,47-,48+,49+,50-,51+,52+,56-,57+,58-/m0/s1. The molecule has 0 bridgehead atoms. The molecule has 1 amide bonds. The number of carbonyl (C=O) groups is 5. The summed E-state index contributed by atoms with van der Waals surface area (Å²) < 4.78 is 70.1. The number of hydrogen-bond acceptors (Lipinski definition) is 23. The van der Waals surface area contributed by atoms with Crippen molar-refractivity contribution in [2.24, 2.45) is 46.6 Å². The van der Waals surface area contributed by atoms with Gasteiger partial charge in [0.1, 0.15) is 49.4 Å². The molecule has 3 N–H and O–H groups in total. The molecule has 82 heavy (non-hydrogen) atoms. The number of nitrogens with zero attached hydrogens (tertiary/aromatic N) is 4. The summed E-state index contributed by atoms with van der Waals surface area (Å²) >= 11 is 0. The number of rotatable bonds is 19. The fourth-order valence-electron chi connectivity index (χ4n) is 12.1. The lowest BCUT2D eigenvalue weighted by Crippen LogP contribution is -2.59. The Balaban J connectivity index is 1.63. The Bertz CT molecular complexity index is 2250. The molecule has 1 aromatic heterocycles. The minimum absolute atomic E-state index is 0.00375. The third-order valence-electron chi connectivity index (χ3n) is 16.3. The van der Waals surface area contributed by atoms with Crippen molar-refractivity contribution in [1.82, 2.24) is 20.2 Å². The first-order chi connectivity index (χ1) is 38.6. The van der Waals surface area contributed by atoms with Crippen LogP contribution in [0, 0.1) is 41.4 Å². The number of esters is 3. The summed E-state index contributed by atoms with van der Waals surface area (Å²) in [4.78, 5) is 86.4. The molecular formula is C58H95N5O19. The second-order valence-corrected chi connectivity index (χ2v) is 23.8. The second-order valence-electron chi connectivity index (χ2n) is 23.8. The number of ether oxygens (including phenoxy) is 11. The summed E-state index contributed by atoms with van der Waals surface area (Å²) in [6.45, 7) is 25.4. The summed E-state index contributed by atoms with van der Waals surface area (Å²) in [6, 6.07) is -0.175. The average molecular weight is 1170 g/mol. The molecule has 1 unspecified atom stereocenters. The largest absolute Gasteiger partial charge is 0.461 e. The maximum atomic E-state index is 15.5. The van der Waals surface area contributed by atoms with Gasteiger partial charge < -0.3 is 72.5 Å². The van der Waals surface area contributed by atoms with Gasteiger partial charge in [0, 0.05) is 96.2 Å². The van der Waals surface area contributed by atoms with Gasteiger partial charge in [-0.2, -0.15) is 0 Å². The van der Waals surface area contributed by atoms with E-state index < -0.39 is 151 Å². The van der Waals surface area contributed by atoms with Gasteiger partial charge in [-0.05, 0) is 59.8 Å². The first-order valence-electron chi connectivity index (χ1n) is 29.0. The molecule has 24 nitrogen and oxygen atoms in total. The molecule has 5 rings (SSSR count). The lowest BCUT2D eigenvalue weighted by atomic mass is 9.74. The van der Waals surface area contributed by atoms with Crippen LogP contribution in [-0.4, -0.2) is 206 Å². The van der Waals surface area contributed by atoms with Crippen molar-refractivity contribution in [3.8, 4) is 0 Å². The summed E-state index contributed by atoms with van der Waals surface area (Å²) in [7, 11) is 4.26. The first kappa shape index (κ1) is 68.4. The number of aromatic nitrogens is 2. The van der Waals surface area contributed by atoms with E-state index in [1.807, 2.05) is 41.5 Å². The summed E-state index contributed by atoms with van der Waals surface area (Å²) in [5, 5.41) is 29.7. The number of cyclic esters (lactones) is 1. The molecule has 0 radical (unpaired) electrons. The van der Waals surface area contributed by atoms with Gasteiger partial charge in [-0.15, -0.1) is 0 Å². The number of carbonyl (C=O) groups excluding carboxylic acids is 5. The van der Waals surface area contributed by atoms with Crippen LogP contribution < -0.4 is 5.32 Å². The predicted octanol–water partition coefficient (Wildman–Crippen LogP) is 4.43.